The molecule has 1 aliphatic rings. The molecule has 0 aliphatic heterocycles. The first-order chi connectivity index (χ1) is 15.0. The van der Waals surface area contributed by atoms with E-state index in [-0.39, 0.29) is 37.0 Å². The normalized spacial score (nSPS) is 14.4. The van der Waals surface area contributed by atoms with E-state index in [2.05, 4.69) is 11.8 Å². The van der Waals surface area contributed by atoms with Gasteiger partial charge in [0.05, 0.1) is 25.6 Å². The zero-order valence-electron chi connectivity index (χ0n) is 18.1. The fraction of sp³-hybridized carbons (Fsp3) is 0.385. The average molecular weight is 421 g/mol. The van der Waals surface area contributed by atoms with E-state index in [9.17, 15) is 9.59 Å². The summed E-state index contributed by atoms with van der Waals surface area (Å²) < 4.78 is 16.4. The van der Waals surface area contributed by atoms with Gasteiger partial charge in [-0.3, -0.25) is 9.59 Å². The Bertz CT molecular complexity index is 963. The maximum Gasteiger partial charge on any atom is 0.307 e. The van der Waals surface area contributed by atoms with Gasteiger partial charge in [0.25, 0.3) is 0 Å². The van der Waals surface area contributed by atoms with Crippen LogP contribution < -0.4 is 4.74 Å². The molecule has 0 heterocycles. The second-order valence-electron chi connectivity index (χ2n) is 7.65. The molecule has 2 aromatic rings. The van der Waals surface area contributed by atoms with Crippen LogP contribution in [0, 0.1) is 11.8 Å². The molecule has 1 saturated carbocycles. The molecular weight excluding hydrogens is 392 g/mol. The molecule has 1 fully saturated rings. The predicted octanol–water partition coefficient (Wildman–Crippen LogP) is 4.88. The van der Waals surface area contributed by atoms with E-state index in [0.29, 0.717) is 11.3 Å². The molecule has 0 saturated heterocycles. The van der Waals surface area contributed by atoms with Crippen molar-refractivity contribution in [2.45, 2.75) is 51.0 Å². The first-order valence-electron chi connectivity index (χ1n) is 10.6. The van der Waals surface area contributed by atoms with Crippen LogP contribution >= 0.6 is 0 Å². The SMILES string of the molecule is COC(=O)CC(C#Cc1cccc(C(C)=O)c1)c1cccc(OCOC2CCCC2)c1. The summed E-state index contributed by atoms with van der Waals surface area (Å²) in [4.78, 5) is 23.6. The van der Waals surface area contributed by atoms with Crippen LogP contribution in [0.5, 0.6) is 5.75 Å². The lowest BCUT2D eigenvalue weighted by Crippen LogP contribution is -2.12. The van der Waals surface area contributed by atoms with Crippen molar-refractivity contribution in [2.75, 3.05) is 13.9 Å². The highest BCUT2D eigenvalue weighted by atomic mass is 16.7. The van der Waals surface area contributed by atoms with Crippen LogP contribution in [0.4, 0.5) is 0 Å². The third-order valence-electron chi connectivity index (χ3n) is 5.35. The van der Waals surface area contributed by atoms with E-state index in [1.165, 1.54) is 26.9 Å². The first-order valence-corrected chi connectivity index (χ1v) is 10.6. The minimum Gasteiger partial charge on any atom is -0.469 e. The van der Waals surface area contributed by atoms with Crippen molar-refractivity contribution in [1.29, 1.82) is 0 Å². The van der Waals surface area contributed by atoms with E-state index in [4.69, 9.17) is 14.2 Å². The molecule has 5 heteroatoms. The molecule has 2 aromatic carbocycles. The summed E-state index contributed by atoms with van der Waals surface area (Å²) in [5.74, 6) is 6.20. The maximum atomic E-state index is 12.0. The number of methoxy groups -OCH3 is 1. The smallest absolute Gasteiger partial charge is 0.307 e. The summed E-state index contributed by atoms with van der Waals surface area (Å²) in [5, 5.41) is 0. The van der Waals surface area contributed by atoms with Gasteiger partial charge in [0.15, 0.2) is 12.6 Å². The van der Waals surface area contributed by atoms with Gasteiger partial charge in [-0.2, -0.15) is 0 Å². The zero-order valence-corrected chi connectivity index (χ0v) is 18.1. The Labute approximate surface area is 183 Å². The second-order valence-corrected chi connectivity index (χ2v) is 7.65. The number of hydrogen-bond acceptors (Lipinski definition) is 5. The summed E-state index contributed by atoms with van der Waals surface area (Å²) >= 11 is 0. The third-order valence-corrected chi connectivity index (χ3v) is 5.35. The zero-order chi connectivity index (χ0) is 22.1. The van der Waals surface area contributed by atoms with Gasteiger partial charge in [0.1, 0.15) is 5.75 Å². The minimum absolute atomic E-state index is 0.0144. The van der Waals surface area contributed by atoms with Crippen molar-refractivity contribution in [1.82, 2.24) is 0 Å². The van der Waals surface area contributed by atoms with E-state index >= 15 is 0 Å². The van der Waals surface area contributed by atoms with Crippen LogP contribution in [0.1, 0.15) is 66.4 Å². The topological polar surface area (TPSA) is 61.8 Å². The minimum atomic E-state index is -0.368. The van der Waals surface area contributed by atoms with Gasteiger partial charge in [-0.15, -0.1) is 0 Å². The molecule has 5 nitrogen and oxygen atoms in total. The van der Waals surface area contributed by atoms with E-state index < -0.39 is 0 Å². The summed E-state index contributed by atoms with van der Waals surface area (Å²) in [6, 6.07) is 14.7. The van der Waals surface area contributed by atoms with E-state index in [1.807, 2.05) is 30.3 Å². The third kappa shape index (κ3) is 6.97. The quantitative estimate of drug-likeness (QED) is 0.264. The van der Waals surface area contributed by atoms with Crippen molar-refractivity contribution >= 4 is 11.8 Å². The fourth-order valence-corrected chi connectivity index (χ4v) is 3.56. The van der Waals surface area contributed by atoms with Crippen LogP contribution in [0.15, 0.2) is 48.5 Å². The second kappa shape index (κ2) is 11.3. The molecule has 1 atom stereocenters. The molecule has 1 aliphatic carbocycles. The fourth-order valence-electron chi connectivity index (χ4n) is 3.56. The van der Waals surface area contributed by atoms with E-state index in [1.54, 1.807) is 18.2 Å². The van der Waals surface area contributed by atoms with Crippen LogP contribution in [0.2, 0.25) is 0 Å². The van der Waals surface area contributed by atoms with Gasteiger partial charge in [-0.1, -0.05) is 48.9 Å². The van der Waals surface area contributed by atoms with Gasteiger partial charge in [-0.05, 0) is 49.6 Å². The number of carbonyl (C=O) groups excluding carboxylic acids is 2. The molecule has 31 heavy (non-hydrogen) atoms. The Morgan fingerprint density at radius 1 is 1.10 bits per heavy atom. The van der Waals surface area contributed by atoms with Crippen LogP contribution in [0.3, 0.4) is 0 Å². The molecule has 0 amide bonds. The molecule has 0 bridgehead atoms. The highest BCUT2D eigenvalue weighted by Crippen LogP contribution is 2.25. The Morgan fingerprint density at radius 3 is 2.61 bits per heavy atom. The number of ketones is 1. The highest BCUT2D eigenvalue weighted by molar-refractivity contribution is 5.94. The molecule has 0 N–H and O–H groups in total. The Morgan fingerprint density at radius 2 is 1.87 bits per heavy atom. The Kier molecular flexibility index (Phi) is 8.26. The Hall–Kier alpha value is -3.10. The van der Waals surface area contributed by atoms with Gasteiger partial charge in [0, 0.05) is 11.1 Å². The number of ether oxygens (including phenoxy) is 3. The first kappa shape index (κ1) is 22.6. The van der Waals surface area contributed by atoms with Crippen molar-refractivity contribution in [2.24, 2.45) is 0 Å². The van der Waals surface area contributed by atoms with Gasteiger partial charge >= 0.3 is 5.97 Å². The molecule has 0 aromatic heterocycles. The van der Waals surface area contributed by atoms with Gasteiger partial charge in [0.2, 0.25) is 0 Å². The van der Waals surface area contributed by atoms with Crippen LogP contribution in [0.25, 0.3) is 0 Å². The van der Waals surface area contributed by atoms with Crippen LogP contribution in [-0.2, 0) is 14.3 Å². The molecular formula is C26H28O5. The molecule has 0 radical (unpaired) electrons. The molecule has 3 rings (SSSR count). The van der Waals surface area contributed by atoms with Crippen LogP contribution in [-0.4, -0.2) is 31.8 Å². The highest BCUT2D eigenvalue weighted by Gasteiger charge is 2.17. The lowest BCUT2D eigenvalue weighted by molar-refractivity contribution is -0.140. The summed E-state index contributed by atoms with van der Waals surface area (Å²) in [6.45, 7) is 1.73. The lowest BCUT2D eigenvalue weighted by Gasteiger charge is -2.14. The van der Waals surface area contributed by atoms with Crippen molar-refractivity contribution < 1.29 is 23.8 Å². The van der Waals surface area contributed by atoms with Crippen molar-refractivity contribution in [3.63, 3.8) is 0 Å². The van der Waals surface area contributed by atoms with E-state index in [0.717, 1.165) is 24.0 Å². The lowest BCUT2D eigenvalue weighted by atomic mass is 9.95. The number of benzene rings is 2. The van der Waals surface area contributed by atoms with Crippen molar-refractivity contribution in [3.8, 4) is 17.6 Å². The summed E-state index contributed by atoms with van der Waals surface area (Å²) in [6.07, 6.45) is 5.01. The maximum absolute atomic E-state index is 12.0. The summed E-state index contributed by atoms with van der Waals surface area (Å²) in [5.41, 5.74) is 2.19. The predicted molar refractivity (Wildman–Crippen MR) is 118 cm³/mol. The molecule has 1 unspecified atom stereocenters. The molecule has 162 valence electrons. The number of Topliss-reactive ketones (excluding diaryl/α,β-unsaturated/α-hetero) is 1. The average Bonchev–Trinajstić information content (AvgIpc) is 3.30. The van der Waals surface area contributed by atoms with Gasteiger partial charge < -0.3 is 14.2 Å². The summed E-state index contributed by atoms with van der Waals surface area (Å²) in [7, 11) is 1.36. The number of rotatable bonds is 8. The van der Waals surface area contributed by atoms with Crippen molar-refractivity contribution in [3.05, 3.63) is 65.2 Å². The Balaban J connectivity index is 1.75. The monoisotopic (exact) mass is 420 g/mol. The number of carbonyl (C=O) groups is 2. The number of esters is 1. The standard InChI is InChI=1S/C26H28O5/c1-19(27)21-8-5-7-20(15-21)13-14-23(17-26(28)29-2)22-9-6-12-25(16-22)31-18-30-24-10-3-4-11-24/h5-9,12,15-16,23-24H,3-4,10-11,17-18H2,1-2H3. The van der Waals surface area contributed by atoms with Gasteiger partial charge in [-0.25, -0.2) is 0 Å². The largest absolute Gasteiger partial charge is 0.469 e. The number of hydrogen-bond donors (Lipinski definition) is 0. The molecule has 0 spiro atoms.